The van der Waals surface area contributed by atoms with Crippen LogP contribution in [-0.4, -0.2) is 17.6 Å². The van der Waals surface area contributed by atoms with Crippen molar-refractivity contribution in [1.29, 1.82) is 0 Å². The van der Waals surface area contributed by atoms with E-state index in [4.69, 9.17) is 27.9 Å². The Labute approximate surface area is 156 Å². The van der Waals surface area contributed by atoms with Crippen LogP contribution in [0.5, 0.6) is 0 Å². The van der Waals surface area contributed by atoms with E-state index in [2.05, 4.69) is 10.6 Å². The zero-order valence-corrected chi connectivity index (χ0v) is 15.5. The average Bonchev–Trinajstić information content (AvgIpc) is 2.49. The number of benzene rings is 2. The minimum atomic E-state index is -0.657. The minimum absolute atomic E-state index is 0.216. The van der Waals surface area contributed by atoms with Crippen molar-refractivity contribution in [1.82, 2.24) is 0 Å². The summed E-state index contributed by atoms with van der Waals surface area (Å²) in [6.07, 6.45) is -0.657. The van der Waals surface area contributed by atoms with Gasteiger partial charge in [0.1, 0.15) is 5.60 Å². The van der Waals surface area contributed by atoms with E-state index in [-0.39, 0.29) is 5.56 Å². The molecule has 2 N–H and O–H groups in total. The molecule has 0 radical (unpaired) electrons. The Balaban J connectivity index is 2.21. The van der Waals surface area contributed by atoms with Crippen molar-refractivity contribution in [2.24, 2.45) is 0 Å². The third-order valence-corrected chi connectivity index (χ3v) is 3.45. The molecule has 0 spiro atoms. The van der Waals surface area contributed by atoms with Gasteiger partial charge in [0.2, 0.25) is 0 Å². The lowest BCUT2D eigenvalue weighted by Crippen LogP contribution is -2.28. The van der Waals surface area contributed by atoms with E-state index in [9.17, 15) is 9.59 Å². The lowest BCUT2D eigenvalue weighted by molar-refractivity contribution is 0.0636. The highest BCUT2D eigenvalue weighted by Crippen LogP contribution is 2.23. The van der Waals surface area contributed by atoms with Crippen molar-refractivity contribution in [3.8, 4) is 0 Å². The molecule has 0 fully saturated rings. The third-order valence-electron chi connectivity index (χ3n) is 2.96. The van der Waals surface area contributed by atoms with Crippen LogP contribution in [0, 0.1) is 0 Å². The molecule has 0 heterocycles. The highest BCUT2D eigenvalue weighted by Gasteiger charge is 2.19. The van der Waals surface area contributed by atoms with E-state index in [1.165, 1.54) is 6.07 Å². The number of carbonyl (C=O) groups is 2. The molecular formula is C18H18Cl2N2O3. The molecule has 0 saturated carbocycles. The normalized spacial score (nSPS) is 10.9. The molecule has 0 atom stereocenters. The summed E-state index contributed by atoms with van der Waals surface area (Å²) < 4.78 is 5.21. The summed E-state index contributed by atoms with van der Waals surface area (Å²) in [6.45, 7) is 5.26. The number of halogens is 2. The summed E-state index contributed by atoms with van der Waals surface area (Å²) in [5, 5.41) is 6.23. The van der Waals surface area contributed by atoms with Crippen LogP contribution in [0.3, 0.4) is 0 Å². The summed E-state index contributed by atoms with van der Waals surface area (Å²) in [7, 11) is 0. The predicted molar refractivity (Wildman–Crippen MR) is 101 cm³/mol. The first-order valence-electron chi connectivity index (χ1n) is 7.50. The fraction of sp³-hybridized carbons (Fsp3) is 0.222. The summed E-state index contributed by atoms with van der Waals surface area (Å²) in [5.74, 6) is -0.420. The molecule has 0 bridgehead atoms. The molecular weight excluding hydrogens is 363 g/mol. The highest BCUT2D eigenvalue weighted by atomic mass is 35.5. The standard InChI is InChI=1S/C18H18Cl2N2O3/c1-18(2,3)25-17(24)22-15-9-6-12(20)10-14(15)16(23)21-13-7-4-11(19)5-8-13/h4-10H,1-3H3,(H,21,23)(H,22,24). The fourth-order valence-corrected chi connectivity index (χ4v) is 2.26. The van der Waals surface area contributed by atoms with Crippen LogP contribution in [-0.2, 0) is 4.74 Å². The minimum Gasteiger partial charge on any atom is -0.444 e. The van der Waals surface area contributed by atoms with Crippen molar-refractivity contribution >= 4 is 46.6 Å². The summed E-state index contributed by atoms with van der Waals surface area (Å²) in [4.78, 5) is 24.5. The number of anilines is 2. The van der Waals surface area contributed by atoms with Crippen LogP contribution in [0.4, 0.5) is 16.2 Å². The summed E-state index contributed by atoms with van der Waals surface area (Å²) in [6, 6.07) is 11.3. The average molecular weight is 381 g/mol. The molecule has 5 nitrogen and oxygen atoms in total. The van der Waals surface area contributed by atoms with E-state index >= 15 is 0 Å². The molecule has 2 aromatic rings. The second kappa shape index (κ2) is 7.76. The Morgan fingerprint density at radius 3 is 2.12 bits per heavy atom. The Kier molecular flexibility index (Phi) is 5.93. The molecule has 0 unspecified atom stereocenters. The Hall–Kier alpha value is -2.24. The van der Waals surface area contributed by atoms with Gasteiger partial charge in [-0.1, -0.05) is 23.2 Å². The predicted octanol–water partition coefficient (Wildman–Crippen LogP) is 5.59. The van der Waals surface area contributed by atoms with Gasteiger partial charge in [-0.25, -0.2) is 4.79 Å². The number of rotatable bonds is 3. The van der Waals surface area contributed by atoms with E-state index in [0.717, 1.165) is 0 Å². The maximum absolute atomic E-state index is 12.5. The van der Waals surface area contributed by atoms with E-state index in [1.807, 2.05) is 0 Å². The van der Waals surface area contributed by atoms with Gasteiger partial charge in [-0.2, -0.15) is 0 Å². The van der Waals surface area contributed by atoms with Gasteiger partial charge in [0.25, 0.3) is 5.91 Å². The number of nitrogens with one attached hydrogen (secondary N) is 2. The van der Waals surface area contributed by atoms with Crippen LogP contribution < -0.4 is 10.6 Å². The van der Waals surface area contributed by atoms with Crippen LogP contribution in [0.2, 0.25) is 10.0 Å². The number of amides is 2. The maximum Gasteiger partial charge on any atom is 0.412 e. The molecule has 2 amide bonds. The van der Waals surface area contributed by atoms with Gasteiger partial charge < -0.3 is 10.1 Å². The molecule has 7 heteroatoms. The smallest absolute Gasteiger partial charge is 0.412 e. The third kappa shape index (κ3) is 5.96. The second-order valence-corrected chi connectivity index (χ2v) is 7.15. The summed E-state index contributed by atoms with van der Waals surface area (Å²) >= 11 is 11.8. The van der Waals surface area contributed by atoms with Crippen molar-refractivity contribution in [2.45, 2.75) is 26.4 Å². The van der Waals surface area contributed by atoms with E-state index in [0.29, 0.717) is 21.4 Å². The Morgan fingerprint density at radius 2 is 1.52 bits per heavy atom. The summed E-state index contributed by atoms with van der Waals surface area (Å²) in [5.41, 5.74) is 0.429. The molecule has 0 aliphatic carbocycles. The van der Waals surface area contributed by atoms with Gasteiger partial charge in [0, 0.05) is 15.7 Å². The first kappa shape index (κ1) is 19.1. The lowest BCUT2D eigenvalue weighted by atomic mass is 10.1. The van der Waals surface area contributed by atoms with Gasteiger partial charge in [0.15, 0.2) is 0 Å². The Bertz CT molecular complexity index is 784. The number of hydrogen-bond acceptors (Lipinski definition) is 3. The van der Waals surface area contributed by atoms with Crippen molar-refractivity contribution in [2.75, 3.05) is 10.6 Å². The van der Waals surface area contributed by atoms with Gasteiger partial charge in [-0.3, -0.25) is 10.1 Å². The monoisotopic (exact) mass is 380 g/mol. The highest BCUT2D eigenvalue weighted by molar-refractivity contribution is 6.31. The Morgan fingerprint density at radius 1 is 0.920 bits per heavy atom. The van der Waals surface area contributed by atoms with E-state index < -0.39 is 17.6 Å². The SMILES string of the molecule is CC(C)(C)OC(=O)Nc1ccc(Cl)cc1C(=O)Nc1ccc(Cl)cc1. The van der Waals surface area contributed by atoms with Gasteiger partial charge in [0.05, 0.1) is 11.3 Å². The van der Waals surface area contributed by atoms with Crippen molar-refractivity contribution < 1.29 is 14.3 Å². The molecule has 2 rings (SSSR count). The van der Waals surface area contributed by atoms with Crippen molar-refractivity contribution in [3.05, 3.63) is 58.1 Å². The van der Waals surface area contributed by atoms with Gasteiger partial charge in [-0.15, -0.1) is 0 Å². The lowest BCUT2D eigenvalue weighted by Gasteiger charge is -2.20. The molecule has 0 saturated heterocycles. The van der Waals surface area contributed by atoms with Gasteiger partial charge in [-0.05, 0) is 63.2 Å². The van der Waals surface area contributed by atoms with Crippen molar-refractivity contribution in [3.63, 3.8) is 0 Å². The molecule has 132 valence electrons. The number of carbonyl (C=O) groups excluding carboxylic acids is 2. The molecule has 25 heavy (non-hydrogen) atoms. The largest absolute Gasteiger partial charge is 0.444 e. The second-order valence-electron chi connectivity index (χ2n) is 6.28. The number of hydrogen-bond donors (Lipinski definition) is 2. The quantitative estimate of drug-likeness (QED) is 0.728. The van der Waals surface area contributed by atoms with Crippen LogP contribution in [0.1, 0.15) is 31.1 Å². The molecule has 0 aliphatic heterocycles. The van der Waals surface area contributed by atoms with Gasteiger partial charge >= 0.3 is 6.09 Å². The fourth-order valence-electron chi connectivity index (χ4n) is 1.96. The molecule has 0 aromatic heterocycles. The van der Waals surface area contributed by atoms with Crippen LogP contribution >= 0.6 is 23.2 Å². The molecule has 2 aromatic carbocycles. The zero-order chi connectivity index (χ0) is 18.6. The zero-order valence-electron chi connectivity index (χ0n) is 14.0. The first-order valence-corrected chi connectivity index (χ1v) is 8.26. The van der Waals surface area contributed by atoms with Crippen LogP contribution in [0.25, 0.3) is 0 Å². The van der Waals surface area contributed by atoms with Crippen LogP contribution in [0.15, 0.2) is 42.5 Å². The number of ether oxygens (including phenoxy) is 1. The maximum atomic E-state index is 12.5. The molecule has 0 aliphatic rings. The van der Waals surface area contributed by atoms with E-state index in [1.54, 1.807) is 57.2 Å². The first-order chi connectivity index (χ1) is 11.6. The topological polar surface area (TPSA) is 67.4 Å².